The highest BCUT2D eigenvalue weighted by Crippen LogP contribution is 2.26. The zero-order chi connectivity index (χ0) is 12.7. The van der Waals surface area contributed by atoms with Gasteiger partial charge in [-0.15, -0.1) is 0 Å². The quantitative estimate of drug-likeness (QED) is 0.796. The number of aromatic nitrogens is 2. The fourth-order valence-electron chi connectivity index (χ4n) is 2.28. The van der Waals surface area contributed by atoms with Gasteiger partial charge < -0.3 is 4.98 Å². The summed E-state index contributed by atoms with van der Waals surface area (Å²) in [6.07, 6.45) is 3.09. The fraction of sp³-hybridized carbons (Fsp3) is 0.231. The largest absolute Gasteiger partial charge is 0.343 e. The van der Waals surface area contributed by atoms with E-state index in [2.05, 4.69) is 25.9 Å². The number of nitrogens with one attached hydrogen (secondary N) is 1. The lowest BCUT2D eigenvalue weighted by Crippen LogP contribution is -1.97. The number of hydrogen-bond donors (Lipinski definition) is 1. The molecule has 3 rings (SSSR count). The van der Waals surface area contributed by atoms with Gasteiger partial charge in [-0.1, -0.05) is 28.1 Å². The number of hydrogen-bond acceptors (Lipinski definition) is 2. The van der Waals surface area contributed by atoms with Gasteiger partial charge in [0.1, 0.15) is 16.3 Å². The summed E-state index contributed by atoms with van der Waals surface area (Å²) in [5.41, 5.74) is 3.00. The van der Waals surface area contributed by atoms with Crippen molar-refractivity contribution in [2.75, 3.05) is 0 Å². The number of aromatic amines is 1. The summed E-state index contributed by atoms with van der Waals surface area (Å²) in [7, 11) is 0. The molecule has 2 nitrogen and oxygen atoms in total. The summed E-state index contributed by atoms with van der Waals surface area (Å²) in [5.74, 6) is 0.349. The molecule has 92 valence electrons. The van der Waals surface area contributed by atoms with Gasteiger partial charge in [-0.3, -0.25) is 0 Å². The van der Waals surface area contributed by atoms with E-state index >= 15 is 0 Å². The molecule has 0 fully saturated rings. The van der Waals surface area contributed by atoms with Crippen LogP contribution in [0.25, 0.3) is 11.4 Å². The lowest BCUT2D eigenvalue weighted by Gasteiger charge is -2.06. The van der Waals surface area contributed by atoms with E-state index in [1.807, 2.05) is 6.07 Å². The highest BCUT2D eigenvalue weighted by atomic mass is 79.9. The van der Waals surface area contributed by atoms with Crippen molar-refractivity contribution < 1.29 is 4.39 Å². The second-order valence-corrected chi connectivity index (χ2v) is 5.66. The van der Waals surface area contributed by atoms with Crippen molar-refractivity contribution in [3.63, 3.8) is 0 Å². The summed E-state index contributed by atoms with van der Waals surface area (Å²) in [6, 6.07) is 4.71. The summed E-state index contributed by atoms with van der Waals surface area (Å²) >= 11 is 8.58. The van der Waals surface area contributed by atoms with Gasteiger partial charge in [0, 0.05) is 21.3 Å². The number of H-pyrrole nitrogens is 1. The van der Waals surface area contributed by atoms with E-state index in [1.165, 1.54) is 12.1 Å². The first kappa shape index (κ1) is 12.0. The molecule has 0 amide bonds. The minimum absolute atomic E-state index is 0.291. The third kappa shape index (κ3) is 2.12. The normalized spacial score (nSPS) is 13.7. The molecule has 18 heavy (non-hydrogen) atoms. The standard InChI is InChI=1S/C13H10BrFN2S/c14-8-4-7(5-9(15)6-8)12-16-11-3-1-2-10(11)13(18)17-12/h4-6H,1-3H2,(H,16,17,18). The lowest BCUT2D eigenvalue weighted by molar-refractivity contribution is 0.627. The fourth-order valence-corrected chi connectivity index (χ4v) is 3.07. The number of rotatable bonds is 1. The van der Waals surface area contributed by atoms with Crippen LogP contribution in [0.1, 0.15) is 17.7 Å². The Balaban J connectivity index is 2.18. The van der Waals surface area contributed by atoms with Crippen molar-refractivity contribution in [1.82, 2.24) is 9.97 Å². The van der Waals surface area contributed by atoms with Crippen LogP contribution in [-0.4, -0.2) is 9.97 Å². The van der Waals surface area contributed by atoms with E-state index in [1.54, 1.807) is 0 Å². The Morgan fingerprint density at radius 2 is 2.11 bits per heavy atom. The van der Waals surface area contributed by atoms with Crippen molar-refractivity contribution in [2.45, 2.75) is 19.3 Å². The van der Waals surface area contributed by atoms with Crippen LogP contribution < -0.4 is 0 Å². The Morgan fingerprint density at radius 3 is 2.89 bits per heavy atom. The van der Waals surface area contributed by atoms with E-state index < -0.39 is 0 Å². The highest BCUT2D eigenvalue weighted by Gasteiger charge is 2.15. The Kier molecular flexibility index (Phi) is 3.03. The summed E-state index contributed by atoms with van der Waals surface area (Å²) in [4.78, 5) is 7.64. The monoisotopic (exact) mass is 324 g/mol. The van der Waals surface area contributed by atoms with Gasteiger partial charge in [0.25, 0.3) is 0 Å². The first-order valence-corrected chi connectivity index (χ1v) is 6.92. The smallest absolute Gasteiger partial charge is 0.139 e. The molecule has 5 heteroatoms. The number of fused-ring (bicyclic) bond motifs is 1. The van der Waals surface area contributed by atoms with Crippen LogP contribution >= 0.6 is 28.1 Å². The minimum atomic E-state index is -0.291. The second-order valence-electron chi connectivity index (χ2n) is 4.36. The third-order valence-electron chi connectivity index (χ3n) is 3.09. The van der Waals surface area contributed by atoms with Crippen LogP contribution in [0.5, 0.6) is 0 Å². The van der Waals surface area contributed by atoms with Crippen LogP contribution in [0.2, 0.25) is 0 Å². The molecule has 1 heterocycles. The van der Waals surface area contributed by atoms with Gasteiger partial charge in [-0.25, -0.2) is 9.37 Å². The van der Waals surface area contributed by atoms with Crippen molar-refractivity contribution in [2.24, 2.45) is 0 Å². The SMILES string of the molecule is Fc1cc(Br)cc(-c2nc(=S)c3c([nH]2)CCC3)c1. The van der Waals surface area contributed by atoms with E-state index in [0.29, 0.717) is 20.5 Å². The maximum atomic E-state index is 13.4. The topological polar surface area (TPSA) is 28.7 Å². The van der Waals surface area contributed by atoms with E-state index in [-0.39, 0.29) is 5.82 Å². The maximum absolute atomic E-state index is 13.4. The number of aryl methyl sites for hydroxylation is 1. The Morgan fingerprint density at radius 1 is 1.28 bits per heavy atom. The predicted molar refractivity (Wildman–Crippen MR) is 74.5 cm³/mol. The molecule has 0 unspecified atom stereocenters. The van der Waals surface area contributed by atoms with Gasteiger partial charge in [0.15, 0.2) is 0 Å². The van der Waals surface area contributed by atoms with Gasteiger partial charge in [-0.05, 0) is 37.5 Å². The average molecular weight is 325 g/mol. The van der Waals surface area contributed by atoms with Crippen LogP contribution in [-0.2, 0) is 12.8 Å². The van der Waals surface area contributed by atoms with Gasteiger partial charge >= 0.3 is 0 Å². The average Bonchev–Trinajstić information content (AvgIpc) is 2.76. The second kappa shape index (κ2) is 4.55. The summed E-state index contributed by atoms with van der Waals surface area (Å²) < 4.78 is 14.7. The minimum Gasteiger partial charge on any atom is -0.343 e. The van der Waals surface area contributed by atoms with Crippen LogP contribution in [0.15, 0.2) is 22.7 Å². The molecule has 0 saturated carbocycles. The Hall–Kier alpha value is -1.07. The molecular formula is C13H10BrFN2S. The van der Waals surface area contributed by atoms with Gasteiger partial charge in [0.2, 0.25) is 0 Å². The number of benzene rings is 1. The van der Waals surface area contributed by atoms with Crippen LogP contribution in [0.3, 0.4) is 0 Å². The lowest BCUT2D eigenvalue weighted by atomic mass is 10.2. The van der Waals surface area contributed by atoms with E-state index in [9.17, 15) is 4.39 Å². The first-order valence-electron chi connectivity index (χ1n) is 5.72. The van der Waals surface area contributed by atoms with Gasteiger partial charge in [0.05, 0.1) is 0 Å². The third-order valence-corrected chi connectivity index (χ3v) is 3.89. The molecule has 0 spiro atoms. The highest BCUT2D eigenvalue weighted by molar-refractivity contribution is 9.10. The van der Waals surface area contributed by atoms with Crippen molar-refractivity contribution in [1.29, 1.82) is 0 Å². The number of halogens is 2. The molecule has 0 aliphatic heterocycles. The van der Waals surface area contributed by atoms with Crippen molar-refractivity contribution in [3.05, 3.63) is 44.4 Å². The molecule has 1 N–H and O–H groups in total. The first-order chi connectivity index (χ1) is 8.63. The number of nitrogens with zero attached hydrogens (tertiary/aromatic N) is 1. The molecule has 1 aromatic heterocycles. The molecule has 1 aromatic carbocycles. The Bertz CT molecular complexity index is 661. The zero-order valence-electron chi connectivity index (χ0n) is 9.46. The molecule has 0 bridgehead atoms. The molecule has 1 aliphatic rings. The van der Waals surface area contributed by atoms with Crippen molar-refractivity contribution in [3.8, 4) is 11.4 Å². The molecular weight excluding hydrogens is 315 g/mol. The zero-order valence-corrected chi connectivity index (χ0v) is 11.9. The molecule has 0 saturated heterocycles. The van der Waals surface area contributed by atoms with Crippen LogP contribution in [0, 0.1) is 10.5 Å². The molecule has 1 aliphatic carbocycles. The molecule has 0 atom stereocenters. The Labute approximate surface area is 117 Å². The van der Waals surface area contributed by atoms with Gasteiger partial charge in [-0.2, -0.15) is 0 Å². The van der Waals surface area contributed by atoms with Crippen molar-refractivity contribution >= 4 is 28.1 Å². The predicted octanol–water partition coefficient (Wildman–Crippen LogP) is 4.20. The van der Waals surface area contributed by atoms with E-state index in [0.717, 1.165) is 30.5 Å². The van der Waals surface area contributed by atoms with Crippen LogP contribution in [0.4, 0.5) is 4.39 Å². The van der Waals surface area contributed by atoms with E-state index in [4.69, 9.17) is 12.2 Å². The summed E-state index contributed by atoms with van der Waals surface area (Å²) in [6.45, 7) is 0. The maximum Gasteiger partial charge on any atom is 0.139 e. The summed E-state index contributed by atoms with van der Waals surface area (Å²) in [5, 5.41) is 0. The molecule has 2 aromatic rings. The molecule has 0 radical (unpaired) electrons.